The van der Waals surface area contributed by atoms with Gasteiger partial charge in [0.15, 0.2) is 0 Å². The molecule has 0 N–H and O–H groups in total. The summed E-state index contributed by atoms with van der Waals surface area (Å²) in [5.74, 6) is -1.13. The lowest BCUT2D eigenvalue weighted by Gasteiger charge is -2.21. The zero-order chi connectivity index (χ0) is 23.4. The van der Waals surface area contributed by atoms with Crippen LogP contribution in [-0.4, -0.2) is 33.9 Å². The molecule has 2 amide bonds. The lowest BCUT2D eigenvalue weighted by atomic mass is 10.00. The summed E-state index contributed by atoms with van der Waals surface area (Å²) in [7, 11) is 0. The number of cyclic esters (lactones) is 1. The Bertz CT molecular complexity index is 1180. The summed E-state index contributed by atoms with van der Waals surface area (Å²) in [6.45, 7) is 4.33. The highest BCUT2D eigenvalue weighted by atomic mass is 16.6. The van der Waals surface area contributed by atoms with E-state index in [0.29, 0.717) is 12.2 Å². The topological polar surface area (TPSA) is 68.6 Å². The Morgan fingerprint density at radius 3 is 2.33 bits per heavy atom. The van der Waals surface area contributed by atoms with Crippen molar-refractivity contribution < 1.29 is 19.1 Å². The minimum absolute atomic E-state index is 0.0298. The first-order chi connectivity index (χ1) is 16.0. The lowest BCUT2D eigenvalue weighted by Crippen LogP contribution is -2.37. The quantitative estimate of drug-likeness (QED) is 0.223. The van der Waals surface area contributed by atoms with E-state index >= 15 is 0 Å². The molecule has 6 nitrogen and oxygen atoms in total. The monoisotopic (exact) mass is 442 g/mol. The number of ether oxygens (including phenoxy) is 1. The second kappa shape index (κ2) is 9.69. The van der Waals surface area contributed by atoms with Crippen molar-refractivity contribution in [1.82, 2.24) is 9.47 Å². The van der Waals surface area contributed by atoms with Crippen LogP contribution in [0.2, 0.25) is 0 Å². The molecule has 0 radical (unpaired) electrons. The van der Waals surface area contributed by atoms with Gasteiger partial charge in [0.2, 0.25) is 5.78 Å². The van der Waals surface area contributed by atoms with Gasteiger partial charge >= 0.3 is 6.09 Å². The van der Waals surface area contributed by atoms with Gasteiger partial charge in [-0.05, 0) is 29.2 Å². The first-order valence-electron chi connectivity index (χ1n) is 11.0. The lowest BCUT2D eigenvalue weighted by molar-refractivity contribution is -0.125. The number of carbonyl (C=O) groups is 3. The number of hydrogen-bond acceptors (Lipinski definition) is 4. The number of rotatable bonds is 7. The Kier molecular flexibility index (Phi) is 6.54. The Balaban J connectivity index is 1.67. The molecular formula is C27H26N2O4. The second-order valence-electron chi connectivity index (χ2n) is 8.34. The molecule has 168 valence electrons. The number of imide groups is 1. The van der Waals surface area contributed by atoms with Crippen LogP contribution < -0.4 is 0 Å². The molecule has 33 heavy (non-hydrogen) atoms. The number of aromatic nitrogens is 1. The number of benzene rings is 2. The highest BCUT2D eigenvalue weighted by Crippen LogP contribution is 2.30. The van der Waals surface area contributed by atoms with Crippen molar-refractivity contribution >= 4 is 17.8 Å². The number of carbonyl (C=O) groups excluding carboxylic acids is 3. The van der Waals surface area contributed by atoms with Gasteiger partial charge in [-0.1, -0.05) is 80.6 Å². The molecule has 0 spiro atoms. The van der Waals surface area contributed by atoms with E-state index in [1.54, 1.807) is 18.2 Å². The van der Waals surface area contributed by atoms with E-state index in [-0.39, 0.29) is 18.1 Å². The van der Waals surface area contributed by atoms with E-state index in [1.807, 2.05) is 85.3 Å². The van der Waals surface area contributed by atoms with Crippen LogP contribution in [0.4, 0.5) is 4.79 Å². The van der Waals surface area contributed by atoms with Gasteiger partial charge in [0.25, 0.3) is 5.91 Å². The van der Waals surface area contributed by atoms with Gasteiger partial charge in [0.05, 0.1) is 11.3 Å². The fraction of sp³-hybridized carbons (Fsp3) is 0.222. The maximum absolute atomic E-state index is 13.6. The Morgan fingerprint density at radius 2 is 1.67 bits per heavy atom. The molecule has 2 aromatic carbocycles. The summed E-state index contributed by atoms with van der Waals surface area (Å²) in [6, 6.07) is 21.9. The molecular weight excluding hydrogens is 416 g/mol. The van der Waals surface area contributed by atoms with Crippen LogP contribution in [0, 0.1) is 5.92 Å². The van der Waals surface area contributed by atoms with E-state index < -0.39 is 23.8 Å². The third-order valence-corrected chi connectivity index (χ3v) is 5.51. The average molecular weight is 443 g/mol. The second-order valence-corrected chi connectivity index (χ2v) is 8.34. The summed E-state index contributed by atoms with van der Waals surface area (Å²) in [5, 5.41) is 0. The number of Topliss-reactive ketones (excluding diaryl/α,β-unsaturated/α-hetero) is 1. The third-order valence-electron chi connectivity index (χ3n) is 5.51. The molecule has 1 saturated heterocycles. The summed E-state index contributed by atoms with van der Waals surface area (Å²) in [6.07, 6.45) is 2.70. The minimum Gasteiger partial charge on any atom is -0.446 e. The highest BCUT2D eigenvalue weighted by molar-refractivity contribution is 6.27. The zero-order valence-corrected chi connectivity index (χ0v) is 18.7. The van der Waals surface area contributed by atoms with Crippen molar-refractivity contribution in [3.8, 4) is 0 Å². The van der Waals surface area contributed by atoms with Gasteiger partial charge in [-0.3, -0.25) is 9.59 Å². The molecule has 1 aromatic heterocycles. The van der Waals surface area contributed by atoms with Crippen molar-refractivity contribution in [2.75, 3.05) is 6.61 Å². The van der Waals surface area contributed by atoms with Crippen molar-refractivity contribution in [2.24, 2.45) is 5.92 Å². The SMILES string of the molecule is CC(C)/C=C(/C(=O)c1cccn1Cc1ccccc1)C(=O)N1C(=O)OC[C@H]1c1ccccc1. The molecule has 0 unspecified atom stereocenters. The van der Waals surface area contributed by atoms with Crippen LogP contribution in [-0.2, 0) is 16.1 Å². The molecule has 0 bridgehead atoms. The van der Waals surface area contributed by atoms with E-state index in [0.717, 1.165) is 16.0 Å². The predicted octanol–water partition coefficient (Wildman–Crippen LogP) is 5.02. The highest BCUT2D eigenvalue weighted by Gasteiger charge is 2.41. The predicted molar refractivity (Wildman–Crippen MR) is 125 cm³/mol. The number of allylic oxidation sites excluding steroid dienone is 1. The van der Waals surface area contributed by atoms with Crippen LogP contribution in [0.25, 0.3) is 0 Å². The van der Waals surface area contributed by atoms with Crippen molar-refractivity contribution in [3.63, 3.8) is 0 Å². The summed E-state index contributed by atoms with van der Waals surface area (Å²) in [4.78, 5) is 40.8. The maximum Gasteiger partial charge on any atom is 0.417 e. The largest absolute Gasteiger partial charge is 0.446 e. The fourth-order valence-corrected chi connectivity index (χ4v) is 3.95. The molecule has 2 heterocycles. The van der Waals surface area contributed by atoms with Crippen LogP contribution >= 0.6 is 0 Å². The first-order valence-corrected chi connectivity index (χ1v) is 11.0. The zero-order valence-electron chi connectivity index (χ0n) is 18.7. The van der Waals surface area contributed by atoms with Crippen LogP contribution in [0.3, 0.4) is 0 Å². The molecule has 1 fully saturated rings. The first kappa shape index (κ1) is 22.3. The van der Waals surface area contributed by atoms with Crippen molar-refractivity contribution in [2.45, 2.75) is 26.4 Å². The molecule has 1 aliphatic heterocycles. The Labute approximate surface area is 193 Å². The molecule has 0 saturated carbocycles. The van der Waals surface area contributed by atoms with E-state index in [9.17, 15) is 14.4 Å². The van der Waals surface area contributed by atoms with Gasteiger partial charge in [0, 0.05) is 12.7 Å². The number of hydrogen-bond donors (Lipinski definition) is 0. The Hall–Kier alpha value is -3.93. The average Bonchev–Trinajstić information content (AvgIpc) is 3.44. The van der Waals surface area contributed by atoms with Gasteiger partial charge < -0.3 is 9.30 Å². The van der Waals surface area contributed by atoms with Crippen LogP contribution in [0.1, 0.15) is 41.5 Å². The molecule has 6 heteroatoms. The molecule has 4 rings (SSSR count). The normalized spacial score (nSPS) is 16.2. The summed E-state index contributed by atoms with van der Waals surface area (Å²) >= 11 is 0. The van der Waals surface area contributed by atoms with E-state index in [2.05, 4.69) is 0 Å². The standard InChI is InChI=1S/C27H26N2O4/c1-19(2)16-22(25(30)23-14-9-15-28(23)17-20-10-5-3-6-11-20)26(31)29-24(18-33-27(29)32)21-12-7-4-8-13-21/h3-16,19,24H,17-18H2,1-2H3/b22-16-/t24-/m0/s1. The molecule has 3 aromatic rings. The number of amides is 2. The smallest absolute Gasteiger partial charge is 0.417 e. The van der Waals surface area contributed by atoms with Gasteiger partial charge in [-0.25, -0.2) is 9.69 Å². The maximum atomic E-state index is 13.6. The third kappa shape index (κ3) is 4.80. The van der Waals surface area contributed by atoms with Gasteiger partial charge in [-0.2, -0.15) is 0 Å². The summed E-state index contributed by atoms with van der Waals surface area (Å²) in [5.41, 5.74) is 2.18. The summed E-state index contributed by atoms with van der Waals surface area (Å²) < 4.78 is 7.02. The van der Waals surface area contributed by atoms with Gasteiger partial charge in [-0.15, -0.1) is 0 Å². The molecule has 1 aliphatic rings. The molecule has 0 aliphatic carbocycles. The van der Waals surface area contributed by atoms with Crippen molar-refractivity contribution in [1.29, 1.82) is 0 Å². The number of nitrogens with zero attached hydrogens (tertiary/aromatic N) is 2. The van der Waals surface area contributed by atoms with Crippen LogP contribution in [0.5, 0.6) is 0 Å². The molecule has 1 atom stereocenters. The van der Waals surface area contributed by atoms with E-state index in [1.165, 1.54) is 0 Å². The van der Waals surface area contributed by atoms with Crippen LogP contribution in [0.15, 0.2) is 90.6 Å². The minimum atomic E-state index is -0.740. The van der Waals surface area contributed by atoms with E-state index in [4.69, 9.17) is 4.74 Å². The van der Waals surface area contributed by atoms with Crippen molar-refractivity contribution in [3.05, 3.63) is 107 Å². The number of ketones is 1. The Morgan fingerprint density at radius 1 is 1.00 bits per heavy atom. The van der Waals surface area contributed by atoms with Gasteiger partial charge in [0.1, 0.15) is 12.6 Å². The fourth-order valence-electron chi connectivity index (χ4n) is 3.95.